The largest absolute Gasteiger partial charge is 0.467 e. The van der Waals surface area contributed by atoms with Crippen LogP contribution in [0.1, 0.15) is 58.4 Å². The molecule has 1 saturated heterocycles. The molecule has 0 bridgehead atoms. The smallest absolute Gasteiger partial charge is 0.416 e. The maximum Gasteiger partial charge on any atom is 0.416 e. The minimum atomic E-state index is -4.33. The first-order chi connectivity index (χ1) is 13.2. The molecule has 2 heterocycles. The summed E-state index contributed by atoms with van der Waals surface area (Å²) in [5.41, 5.74) is 0.437. The molecule has 0 amide bonds. The summed E-state index contributed by atoms with van der Waals surface area (Å²) in [7, 11) is -1.74. The van der Waals surface area contributed by atoms with Crippen molar-refractivity contribution in [1.29, 1.82) is 0 Å². The van der Waals surface area contributed by atoms with Crippen LogP contribution in [0.3, 0.4) is 0 Å². The molecule has 0 N–H and O–H groups in total. The lowest BCUT2D eigenvalue weighted by molar-refractivity contribution is -0.137. The Morgan fingerprint density at radius 3 is 2.07 bits per heavy atom. The predicted octanol–water partition coefficient (Wildman–Crippen LogP) is 7.91. The average molecular weight is 424 g/mol. The Labute approximate surface area is 173 Å². The monoisotopic (exact) mass is 423 g/mol. The van der Waals surface area contributed by atoms with E-state index in [9.17, 15) is 13.2 Å². The van der Waals surface area contributed by atoms with Crippen LogP contribution in [0.2, 0.25) is 23.7 Å². The SMILES string of the molecule is CC1(C)C([Si](C)(C)C(C)(C)C)CC(c2ccco2)N1c1ccc(C(F)(F)F)cc1. The van der Waals surface area contributed by atoms with Crippen LogP contribution in [0.5, 0.6) is 0 Å². The third kappa shape index (κ3) is 3.76. The molecule has 1 aliphatic heterocycles. The van der Waals surface area contributed by atoms with E-state index in [2.05, 4.69) is 52.6 Å². The fourth-order valence-corrected chi connectivity index (χ4v) is 8.70. The highest BCUT2D eigenvalue weighted by molar-refractivity contribution is 6.81. The van der Waals surface area contributed by atoms with Crippen LogP contribution in [0, 0.1) is 0 Å². The van der Waals surface area contributed by atoms with E-state index in [-0.39, 0.29) is 16.6 Å². The summed E-state index contributed by atoms with van der Waals surface area (Å²) < 4.78 is 45.0. The van der Waals surface area contributed by atoms with Crippen molar-refractivity contribution >= 4 is 13.8 Å². The molecule has 2 atom stereocenters. The lowest BCUT2D eigenvalue weighted by atomic mass is 10.0. The van der Waals surface area contributed by atoms with Crippen molar-refractivity contribution in [3.8, 4) is 0 Å². The number of furan rings is 1. The number of halogens is 3. The van der Waals surface area contributed by atoms with Gasteiger partial charge in [0.15, 0.2) is 0 Å². The van der Waals surface area contributed by atoms with Crippen LogP contribution in [-0.4, -0.2) is 13.6 Å². The molecule has 160 valence electrons. The van der Waals surface area contributed by atoms with Crippen molar-refractivity contribution in [3.05, 3.63) is 54.0 Å². The van der Waals surface area contributed by atoms with E-state index in [1.54, 1.807) is 18.4 Å². The first-order valence-electron chi connectivity index (χ1n) is 10.2. The molecule has 2 nitrogen and oxygen atoms in total. The van der Waals surface area contributed by atoms with Gasteiger partial charge in [0, 0.05) is 11.2 Å². The molecule has 29 heavy (non-hydrogen) atoms. The van der Waals surface area contributed by atoms with E-state index in [1.165, 1.54) is 12.1 Å². The van der Waals surface area contributed by atoms with E-state index in [0.29, 0.717) is 5.54 Å². The molecule has 0 spiro atoms. The van der Waals surface area contributed by atoms with Crippen molar-refractivity contribution in [2.24, 2.45) is 0 Å². The van der Waals surface area contributed by atoms with Crippen LogP contribution in [-0.2, 0) is 6.18 Å². The normalized spacial score (nSPS) is 22.9. The van der Waals surface area contributed by atoms with Crippen LogP contribution < -0.4 is 4.90 Å². The first kappa shape index (κ1) is 22.0. The highest BCUT2D eigenvalue weighted by Gasteiger charge is 2.57. The van der Waals surface area contributed by atoms with Crippen LogP contribution in [0.15, 0.2) is 47.1 Å². The Kier molecular flexibility index (Phi) is 5.26. The van der Waals surface area contributed by atoms with Crippen molar-refractivity contribution in [2.45, 2.75) is 82.5 Å². The van der Waals surface area contributed by atoms with Gasteiger partial charge in [-0.3, -0.25) is 0 Å². The van der Waals surface area contributed by atoms with Crippen molar-refractivity contribution in [3.63, 3.8) is 0 Å². The molecule has 1 aliphatic rings. The first-order valence-corrected chi connectivity index (χ1v) is 13.2. The summed E-state index contributed by atoms with van der Waals surface area (Å²) in [6, 6.07) is 9.45. The molecule has 1 aromatic carbocycles. The van der Waals surface area contributed by atoms with Crippen LogP contribution >= 0.6 is 0 Å². The second-order valence-corrected chi connectivity index (χ2v) is 16.0. The predicted molar refractivity (Wildman–Crippen MR) is 115 cm³/mol. The van der Waals surface area contributed by atoms with Gasteiger partial charge in [-0.05, 0) is 67.2 Å². The fourth-order valence-electron chi connectivity index (χ4n) is 4.93. The molecule has 2 aromatic rings. The topological polar surface area (TPSA) is 16.4 Å². The van der Waals surface area contributed by atoms with E-state index in [1.807, 2.05) is 12.1 Å². The number of hydrogen-bond donors (Lipinski definition) is 0. The zero-order chi connectivity index (χ0) is 21.8. The molecular formula is C23H32F3NOSi. The molecule has 2 unspecified atom stereocenters. The van der Waals surface area contributed by atoms with E-state index in [0.717, 1.165) is 17.9 Å². The Balaban J connectivity index is 2.09. The number of benzene rings is 1. The van der Waals surface area contributed by atoms with Gasteiger partial charge in [0.2, 0.25) is 0 Å². The quantitative estimate of drug-likeness (QED) is 0.466. The Morgan fingerprint density at radius 2 is 1.62 bits per heavy atom. The van der Waals surface area contributed by atoms with Gasteiger partial charge in [-0.2, -0.15) is 13.2 Å². The molecule has 1 aromatic heterocycles. The summed E-state index contributed by atoms with van der Waals surface area (Å²) in [6.45, 7) is 16.3. The van der Waals surface area contributed by atoms with E-state index < -0.39 is 19.8 Å². The van der Waals surface area contributed by atoms with Crippen molar-refractivity contribution in [1.82, 2.24) is 0 Å². The number of hydrogen-bond acceptors (Lipinski definition) is 2. The summed E-state index contributed by atoms with van der Waals surface area (Å²) in [6.07, 6.45) is -1.71. The van der Waals surface area contributed by atoms with Gasteiger partial charge >= 0.3 is 6.18 Å². The van der Waals surface area contributed by atoms with Gasteiger partial charge in [-0.25, -0.2) is 0 Å². The third-order valence-corrected chi connectivity index (χ3v) is 13.9. The van der Waals surface area contributed by atoms with E-state index in [4.69, 9.17) is 4.42 Å². The number of alkyl halides is 3. The lowest BCUT2D eigenvalue weighted by Crippen LogP contribution is -2.52. The second kappa shape index (κ2) is 6.93. The zero-order valence-electron chi connectivity index (χ0n) is 18.4. The highest BCUT2D eigenvalue weighted by Crippen LogP contribution is 2.60. The highest BCUT2D eigenvalue weighted by atomic mass is 28.3. The maximum absolute atomic E-state index is 13.1. The minimum Gasteiger partial charge on any atom is -0.467 e. The lowest BCUT2D eigenvalue weighted by Gasteiger charge is -2.49. The Bertz CT molecular complexity index is 832. The molecule has 3 rings (SSSR count). The standard InChI is InChI=1S/C23H32F3NOSi/c1-21(2,3)29(6,7)20-15-18(19-9-8-14-28-19)27(22(20,4)5)17-12-10-16(11-13-17)23(24,25)26/h8-14,18,20H,15H2,1-7H3. The van der Waals surface area contributed by atoms with Gasteiger partial charge in [-0.15, -0.1) is 0 Å². The number of rotatable bonds is 3. The average Bonchev–Trinajstić information content (AvgIpc) is 3.18. The third-order valence-electron chi connectivity index (χ3n) is 7.39. The molecule has 1 fully saturated rings. The molecule has 0 aliphatic carbocycles. The van der Waals surface area contributed by atoms with E-state index >= 15 is 0 Å². The van der Waals surface area contributed by atoms with Gasteiger partial charge < -0.3 is 9.32 Å². The number of anilines is 1. The molecule has 0 radical (unpaired) electrons. The zero-order valence-corrected chi connectivity index (χ0v) is 19.4. The molecule has 6 heteroatoms. The number of nitrogens with zero attached hydrogens (tertiary/aromatic N) is 1. The second-order valence-electron chi connectivity index (χ2n) is 10.4. The minimum absolute atomic E-state index is 0.0101. The maximum atomic E-state index is 13.1. The summed E-state index contributed by atoms with van der Waals surface area (Å²) in [4.78, 5) is 2.29. The van der Waals surface area contributed by atoms with Gasteiger partial charge in [0.25, 0.3) is 0 Å². The Morgan fingerprint density at radius 1 is 1.03 bits per heavy atom. The van der Waals surface area contributed by atoms with Gasteiger partial charge in [-0.1, -0.05) is 33.9 Å². The molecular weight excluding hydrogens is 391 g/mol. The molecule has 0 saturated carbocycles. The van der Waals surface area contributed by atoms with Crippen molar-refractivity contribution in [2.75, 3.05) is 4.90 Å². The fraction of sp³-hybridized carbons (Fsp3) is 0.565. The van der Waals surface area contributed by atoms with Gasteiger partial charge in [0.1, 0.15) is 5.76 Å². The summed E-state index contributed by atoms with van der Waals surface area (Å²) in [5, 5.41) is 0.207. The Hall–Kier alpha value is -1.69. The van der Waals surface area contributed by atoms with Crippen LogP contribution in [0.4, 0.5) is 18.9 Å². The van der Waals surface area contributed by atoms with Gasteiger partial charge in [0.05, 0.1) is 25.9 Å². The van der Waals surface area contributed by atoms with Crippen molar-refractivity contribution < 1.29 is 17.6 Å². The summed E-state index contributed by atoms with van der Waals surface area (Å²) in [5.74, 6) is 0.874. The summed E-state index contributed by atoms with van der Waals surface area (Å²) >= 11 is 0. The van der Waals surface area contributed by atoms with Crippen LogP contribution in [0.25, 0.3) is 0 Å².